The van der Waals surface area contributed by atoms with Crippen molar-refractivity contribution in [3.63, 3.8) is 0 Å². The molecule has 1 aromatic carbocycles. The molecule has 0 N–H and O–H groups in total. The van der Waals surface area contributed by atoms with Crippen LogP contribution in [0.5, 0.6) is 0 Å². The molecule has 0 atom stereocenters. The molecular weight excluding hydrogens is 347 g/mol. The molecule has 25 heavy (non-hydrogen) atoms. The Balaban J connectivity index is 2.57. The number of hydrogen-bond donors (Lipinski definition) is 0. The molecule has 0 bridgehead atoms. The minimum Gasteiger partial charge on any atom is -0.460 e. The predicted molar refractivity (Wildman–Crippen MR) is 76.2 cm³/mol. The molecule has 0 radical (unpaired) electrons. The molecule has 8 nitrogen and oxygen atoms in total. The van der Waals surface area contributed by atoms with Crippen molar-refractivity contribution in [1.29, 1.82) is 0 Å². The standard InChI is InChI=1S/C14H10F3N3O5/c1-2-25-13(22)11(21)12-18-5-6-19(12)9-4-3-8(14(15,16)17)7-10(9)20(23)24/h3-7H,2H2,1H3. The van der Waals surface area contributed by atoms with Gasteiger partial charge in [0.15, 0.2) is 5.82 Å². The first-order valence-corrected chi connectivity index (χ1v) is 6.77. The van der Waals surface area contributed by atoms with E-state index in [0.29, 0.717) is 12.1 Å². The normalized spacial score (nSPS) is 11.2. The molecule has 0 spiro atoms. The van der Waals surface area contributed by atoms with Crippen molar-refractivity contribution in [3.05, 3.63) is 52.1 Å². The highest BCUT2D eigenvalue weighted by Crippen LogP contribution is 2.34. The highest BCUT2D eigenvalue weighted by atomic mass is 19.4. The van der Waals surface area contributed by atoms with Gasteiger partial charge in [0.1, 0.15) is 5.69 Å². The lowest BCUT2D eigenvalue weighted by molar-refractivity contribution is -0.384. The summed E-state index contributed by atoms with van der Waals surface area (Å²) in [5.41, 5.74) is -2.46. The largest absolute Gasteiger partial charge is 0.460 e. The van der Waals surface area contributed by atoms with Gasteiger partial charge in [0.05, 0.1) is 17.1 Å². The third kappa shape index (κ3) is 3.65. The summed E-state index contributed by atoms with van der Waals surface area (Å²) in [6.45, 7) is 1.39. The number of imidazole rings is 1. The minimum atomic E-state index is -4.78. The van der Waals surface area contributed by atoms with Gasteiger partial charge in [-0.1, -0.05) is 0 Å². The number of nitro groups is 1. The molecule has 132 valence electrons. The van der Waals surface area contributed by atoms with Gasteiger partial charge in [-0.15, -0.1) is 0 Å². The molecule has 0 unspecified atom stereocenters. The number of rotatable bonds is 5. The lowest BCUT2D eigenvalue weighted by Crippen LogP contribution is -2.21. The lowest BCUT2D eigenvalue weighted by Gasteiger charge is -2.11. The molecular formula is C14H10F3N3O5. The van der Waals surface area contributed by atoms with Gasteiger partial charge in [0.25, 0.3) is 5.69 Å². The summed E-state index contributed by atoms with van der Waals surface area (Å²) >= 11 is 0. The smallest absolute Gasteiger partial charge is 0.416 e. The zero-order valence-electron chi connectivity index (χ0n) is 12.6. The summed E-state index contributed by atoms with van der Waals surface area (Å²) in [5.74, 6) is -2.92. The second-order valence-corrected chi connectivity index (χ2v) is 4.63. The molecule has 2 rings (SSSR count). The van der Waals surface area contributed by atoms with Crippen LogP contribution in [0, 0.1) is 10.1 Å². The molecule has 11 heteroatoms. The maximum atomic E-state index is 12.7. The summed E-state index contributed by atoms with van der Waals surface area (Å²) in [6.07, 6.45) is -2.59. The van der Waals surface area contributed by atoms with Crippen LogP contribution in [0.4, 0.5) is 18.9 Å². The van der Waals surface area contributed by atoms with Crippen molar-refractivity contribution in [2.75, 3.05) is 6.61 Å². The fraction of sp³-hybridized carbons (Fsp3) is 0.214. The van der Waals surface area contributed by atoms with Crippen LogP contribution in [0.3, 0.4) is 0 Å². The van der Waals surface area contributed by atoms with Crippen molar-refractivity contribution in [1.82, 2.24) is 9.55 Å². The summed E-state index contributed by atoms with van der Waals surface area (Å²) < 4.78 is 43.6. The monoisotopic (exact) mass is 357 g/mol. The van der Waals surface area contributed by atoms with Gasteiger partial charge in [0, 0.05) is 18.5 Å². The Morgan fingerprint density at radius 3 is 2.60 bits per heavy atom. The van der Waals surface area contributed by atoms with Crippen molar-refractivity contribution < 1.29 is 32.4 Å². The van der Waals surface area contributed by atoms with E-state index in [2.05, 4.69) is 9.72 Å². The van der Waals surface area contributed by atoms with E-state index in [0.717, 1.165) is 23.0 Å². The molecule has 0 fully saturated rings. The molecule has 1 aromatic heterocycles. The Hall–Kier alpha value is -3.24. The van der Waals surface area contributed by atoms with E-state index in [9.17, 15) is 32.9 Å². The first kappa shape index (κ1) is 18.1. The van der Waals surface area contributed by atoms with Crippen LogP contribution >= 0.6 is 0 Å². The number of Topliss-reactive ketones (excluding diaryl/α,β-unsaturated/α-hetero) is 1. The summed E-state index contributed by atoms with van der Waals surface area (Å²) in [4.78, 5) is 37.3. The number of nitrogens with zero attached hydrogens (tertiary/aromatic N) is 3. The first-order valence-electron chi connectivity index (χ1n) is 6.77. The van der Waals surface area contributed by atoms with Gasteiger partial charge >= 0.3 is 17.9 Å². The minimum absolute atomic E-state index is 0.0777. The maximum Gasteiger partial charge on any atom is 0.416 e. The Morgan fingerprint density at radius 2 is 2.04 bits per heavy atom. The Kier molecular flexibility index (Phi) is 4.86. The van der Waals surface area contributed by atoms with E-state index >= 15 is 0 Å². The van der Waals surface area contributed by atoms with Crippen LogP contribution in [0.15, 0.2) is 30.6 Å². The predicted octanol–water partition coefficient (Wildman–Crippen LogP) is 2.55. The van der Waals surface area contributed by atoms with E-state index in [1.54, 1.807) is 0 Å². The van der Waals surface area contributed by atoms with Crippen molar-refractivity contribution >= 4 is 17.4 Å². The number of hydrogen-bond acceptors (Lipinski definition) is 6. The molecule has 0 saturated carbocycles. The van der Waals surface area contributed by atoms with Crippen molar-refractivity contribution in [3.8, 4) is 5.69 Å². The highest BCUT2D eigenvalue weighted by molar-refractivity contribution is 6.39. The average molecular weight is 357 g/mol. The number of alkyl halides is 3. The molecule has 0 amide bonds. The molecule has 1 heterocycles. The number of carbonyl (C=O) groups excluding carboxylic acids is 2. The topological polar surface area (TPSA) is 104 Å². The van der Waals surface area contributed by atoms with E-state index in [1.165, 1.54) is 6.92 Å². The molecule has 0 aliphatic rings. The van der Waals surface area contributed by atoms with E-state index in [1.807, 2.05) is 0 Å². The summed E-state index contributed by atoms with van der Waals surface area (Å²) in [7, 11) is 0. The quantitative estimate of drug-likeness (QED) is 0.268. The van der Waals surface area contributed by atoms with Crippen LogP contribution in [0.1, 0.15) is 23.1 Å². The number of ether oxygens (including phenoxy) is 1. The fourth-order valence-electron chi connectivity index (χ4n) is 2.00. The average Bonchev–Trinajstić information content (AvgIpc) is 3.02. The number of benzene rings is 1. The third-order valence-corrected chi connectivity index (χ3v) is 3.06. The van der Waals surface area contributed by atoms with E-state index in [4.69, 9.17) is 0 Å². The van der Waals surface area contributed by atoms with Gasteiger partial charge in [0.2, 0.25) is 0 Å². The molecule has 0 aliphatic heterocycles. The fourth-order valence-corrected chi connectivity index (χ4v) is 2.00. The number of nitro benzene ring substituents is 1. The van der Waals surface area contributed by atoms with Gasteiger partial charge in [-0.25, -0.2) is 9.78 Å². The SMILES string of the molecule is CCOC(=O)C(=O)c1nccn1-c1ccc(C(F)(F)F)cc1[N+](=O)[O-]. The molecule has 0 aliphatic carbocycles. The van der Waals surface area contributed by atoms with Crippen LogP contribution in [0.2, 0.25) is 0 Å². The van der Waals surface area contributed by atoms with Gasteiger partial charge in [-0.05, 0) is 19.1 Å². The van der Waals surface area contributed by atoms with Gasteiger partial charge in [-0.2, -0.15) is 13.2 Å². The molecule has 2 aromatic rings. The first-order chi connectivity index (χ1) is 11.7. The zero-order chi connectivity index (χ0) is 18.8. The second kappa shape index (κ2) is 6.71. The maximum absolute atomic E-state index is 12.7. The molecule has 0 saturated heterocycles. The van der Waals surface area contributed by atoms with E-state index < -0.39 is 39.9 Å². The Morgan fingerprint density at radius 1 is 1.36 bits per heavy atom. The van der Waals surface area contributed by atoms with E-state index in [-0.39, 0.29) is 12.3 Å². The van der Waals surface area contributed by atoms with Crippen molar-refractivity contribution in [2.45, 2.75) is 13.1 Å². The van der Waals surface area contributed by atoms with Crippen LogP contribution < -0.4 is 0 Å². The summed E-state index contributed by atoms with van der Waals surface area (Å²) in [6, 6.07) is 1.79. The highest BCUT2D eigenvalue weighted by Gasteiger charge is 2.34. The number of ketones is 1. The van der Waals surface area contributed by atoms with Crippen LogP contribution in [-0.4, -0.2) is 32.8 Å². The van der Waals surface area contributed by atoms with Crippen LogP contribution in [0.25, 0.3) is 5.69 Å². The lowest BCUT2D eigenvalue weighted by atomic mass is 10.1. The number of aromatic nitrogens is 2. The third-order valence-electron chi connectivity index (χ3n) is 3.06. The number of esters is 1. The second-order valence-electron chi connectivity index (χ2n) is 4.63. The number of carbonyl (C=O) groups is 2. The Bertz CT molecular complexity index is 844. The summed E-state index contributed by atoms with van der Waals surface area (Å²) in [5, 5.41) is 11.1. The zero-order valence-corrected chi connectivity index (χ0v) is 12.6. The van der Waals surface area contributed by atoms with Gasteiger partial charge in [-0.3, -0.25) is 19.5 Å². The Labute approximate surface area is 138 Å². The van der Waals surface area contributed by atoms with Crippen molar-refractivity contribution in [2.24, 2.45) is 0 Å². The van der Waals surface area contributed by atoms with Crippen LogP contribution in [-0.2, 0) is 15.7 Å². The number of halogens is 3. The van der Waals surface area contributed by atoms with Gasteiger partial charge < -0.3 is 4.74 Å².